The number of benzene rings is 2. The molecule has 1 unspecified atom stereocenters. The lowest BCUT2D eigenvalue weighted by molar-refractivity contribution is -0.115. The third kappa shape index (κ3) is 4.45. The zero-order valence-corrected chi connectivity index (χ0v) is 17.0. The zero-order valence-electron chi connectivity index (χ0n) is 16.2. The Morgan fingerprint density at radius 2 is 1.75 bits per heavy atom. The molecule has 0 aliphatic rings. The zero-order chi connectivity index (χ0) is 20.1. The van der Waals surface area contributed by atoms with Crippen LogP contribution in [0.4, 0.5) is 5.69 Å². The van der Waals surface area contributed by atoms with Crippen molar-refractivity contribution in [1.29, 1.82) is 0 Å². The van der Waals surface area contributed by atoms with E-state index in [0.717, 1.165) is 11.3 Å². The van der Waals surface area contributed by atoms with Crippen molar-refractivity contribution in [2.75, 3.05) is 19.5 Å². The van der Waals surface area contributed by atoms with Gasteiger partial charge in [-0.25, -0.2) is 0 Å². The molecular formula is C20H22N4O3S. The van der Waals surface area contributed by atoms with Crippen molar-refractivity contribution in [1.82, 2.24) is 14.8 Å². The number of nitrogens with zero attached hydrogens (tertiary/aromatic N) is 3. The number of methoxy groups -OCH3 is 2. The predicted octanol–water partition coefficient (Wildman–Crippen LogP) is 3.62. The average Bonchev–Trinajstić information content (AvgIpc) is 3.08. The SMILES string of the molecule is COc1cccc(NC(=O)C(C)Sc2nnc(-c3cccc(OC)c3)n2C)c1. The van der Waals surface area contributed by atoms with Crippen molar-refractivity contribution in [2.45, 2.75) is 17.3 Å². The van der Waals surface area contributed by atoms with E-state index < -0.39 is 0 Å². The molecule has 0 spiro atoms. The van der Waals surface area contributed by atoms with Gasteiger partial charge in [-0.2, -0.15) is 0 Å². The molecule has 28 heavy (non-hydrogen) atoms. The fourth-order valence-corrected chi connectivity index (χ4v) is 3.40. The Balaban J connectivity index is 1.71. The quantitative estimate of drug-likeness (QED) is 0.613. The van der Waals surface area contributed by atoms with Gasteiger partial charge in [0.2, 0.25) is 5.91 Å². The van der Waals surface area contributed by atoms with E-state index in [1.165, 1.54) is 11.8 Å². The third-order valence-electron chi connectivity index (χ3n) is 4.15. The molecule has 1 aromatic heterocycles. The number of aromatic nitrogens is 3. The fourth-order valence-electron chi connectivity index (χ4n) is 2.59. The maximum atomic E-state index is 12.5. The van der Waals surface area contributed by atoms with E-state index >= 15 is 0 Å². The van der Waals surface area contributed by atoms with E-state index in [1.807, 2.05) is 61.0 Å². The number of ether oxygens (including phenoxy) is 2. The molecule has 0 fully saturated rings. The molecule has 0 aliphatic heterocycles. The summed E-state index contributed by atoms with van der Waals surface area (Å²) >= 11 is 1.35. The first-order chi connectivity index (χ1) is 13.5. The highest BCUT2D eigenvalue weighted by Gasteiger charge is 2.20. The Kier molecular flexibility index (Phi) is 6.20. The van der Waals surface area contributed by atoms with E-state index in [-0.39, 0.29) is 11.2 Å². The number of rotatable bonds is 7. The standard InChI is InChI=1S/C20H22N4O3S/c1-13(19(25)21-15-8-6-10-17(12-15)27-4)28-20-23-22-18(24(20)2)14-7-5-9-16(11-14)26-3/h5-13H,1-4H3,(H,21,25). The van der Waals surface area contributed by atoms with Gasteiger partial charge in [-0.3, -0.25) is 4.79 Å². The lowest BCUT2D eigenvalue weighted by Gasteiger charge is -2.12. The lowest BCUT2D eigenvalue weighted by atomic mass is 10.2. The highest BCUT2D eigenvalue weighted by molar-refractivity contribution is 8.00. The molecule has 8 heteroatoms. The van der Waals surface area contributed by atoms with Crippen molar-refractivity contribution in [2.24, 2.45) is 7.05 Å². The summed E-state index contributed by atoms with van der Waals surface area (Å²) in [5, 5.41) is 11.7. The van der Waals surface area contributed by atoms with Crippen molar-refractivity contribution in [3.8, 4) is 22.9 Å². The Hall–Kier alpha value is -3.00. The van der Waals surface area contributed by atoms with E-state index in [1.54, 1.807) is 20.3 Å². The molecule has 0 radical (unpaired) electrons. The second-order valence-corrected chi connectivity index (χ2v) is 7.39. The van der Waals surface area contributed by atoms with Crippen LogP contribution in [0.5, 0.6) is 11.5 Å². The number of anilines is 1. The molecule has 3 aromatic rings. The van der Waals surface area contributed by atoms with Crippen LogP contribution in [-0.2, 0) is 11.8 Å². The summed E-state index contributed by atoms with van der Waals surface area (Å²) in [6.07, 6.45) is 0. The lowest BCUT2D eigenvalue weighted by Crippen LogP contribution is -2.22. The molecule has 1 amide bonds. The van der Waals surface area contributed by atoms with Gasteiger partial charge in [-0.05, 0) is 31.2 Å². The molecular weight excluding hydrogens is 376 g/mol. The second kappa shape index (κ2) is 8.79. The van der Waals surface area contributed by atoms with Gasteiger partial charge in [0, 0.05) is 24.4 Å². The number of nitrogens with one attached hydrogen (secondary N) is 1. The van der Waals surface area contributed by atoms with Crippen LogP contribution in [0.3, 0.4) is 0 Å². The topological polar surface area (TPSA) is 78.3 Å². The molecule has 146 valence electrons. The Labute approximate surface area is 168 Å². The van der Waals surface area contributed by atoms with Gasteiger partial charge in [-0.15, -0.1) is 10.2 Å². The number of hydrogen-bond donors (Lipinski definition) is 1. The molecule has 0 aliphatic carbocycles. The number of hydrogen-bond acceptors (Lipinski definition) is 6. The minimum atomic E-state index is -0.354. The molecule has 1 heterocycles. The molecule has 0 bridgehead atoms. The largest absolute Gasteiger partial charge is 0.497 e. The van der Waals surface area contributed by atoms with Gasteiger partial charge in [0.15, 0.2) is 11.0 Å². The first-order valence-corrected chi connectivity index (χ1v) is 9.55. The Morgan fingerprint density at radius 3 is 2.46 bits per heavy atom. The van der Waals surface area contributed by atoms with Gasteiger partial charge in [0.25, 0.3) is 0 Å². The van der Waals surface area contributed by atoms with Crippen LogP contribution >= 0.6 is 11.8 Å². The van der Waals surface area contributed by atoms with Crippen LogP contribution in [-0.4, -0.2) is 40.1 Å². The summed E-state index contributed by atoms with van der Waals surface area (Å²) in [5.41, 5.74) is 1.58. The molecule has 1 N–H and O–H groups in total. The van der Waals surface area contributed by atoms with Gasteiger partial charge in [0.1, 0.15) is 11.5 Å². The summed E-state index contributed by atoms with van der Waals surface area (Å²) in [6, 6.07) is 14.9. The van der Waals surface area contributed by atoms with Crippen molar-refractivity contribution in [3.63, 3.8) is 0 Å². The summed E-state index contributed by atoms with van der Waals surface area (Å²) in [7, 11) is 5.09. The minimum absolute atomic E-state index is 0.121. The van der Waals surface area contributed by atoms with E-state index in [9.17, 15) is 4.79 Å². The maximum absolute atomic E-state index is 12.5. The summed E-state index contributed by atoms with van der Waals surface area (Å²) < 4.78 is 12.3. The van der Waals surface area contributed by atoms with Crippen LogP contribution in [0.25, 0.3) is 11.4 Å². The summed E-state index contributed by atoms with van der Waals surface area (Å²) in [5.74, 6) is 2.03. The molecule has 7 nitrogen and oxygen atoms in total. The molecule has 1 atom stereocenters. The number of amides is 1. The van der Waals surface area contributed by atoms with E-state index in [0.29, 0.717) is 22.4 Å². The van der Waals surface area contributed by atoms with E-state index in [2.05, 4.69) is 15.5 Å². The van der Waals surface area contributed by atoms with Crippen LogP contribution in [0, 0.1) is 0 Å². The normalized spacial score (nSPS) is 11.7. The van der Waals surface area contributed by atoms with Crippen molar-refractivity contribution in [3.05, 3.63) is 48.5 Å². The van der Waals surface area contributed by atoms with Crippen LogP contribution in [0.1, 0.15) is 6.92 Å². The van der Waals surface area contributed by atoms with Gasteiger partial charge >= 0.3 is 0 Å². The smallest absolute Gasteiger partial charge is 0.237 e. The van der Waals surface area contributed by atoms with Gasteiger partial charge in [0.05, 0.1) is 19.5 Å². The van der Waals surface area contributed by atoms with Crippen molar-refractivity contribution >= 4 is 23.4 Å². The average molecular weight is 398 g/mol. The number of thioether (sulfide) groups is 1. The van der Waals surface area contributed by atoms with Gasteiger partial charge in [-0.1, -0.05) is 30.0 Å². The van der Waals surface area contributed by atoms with Crippen LogP contribution < -0.4 is 14.8 Å². The minimum Gasteiger partial charge on any atom is -0.497 e. The Morgan fingerprint density at radius 1 is 1.07 bits per heavy atom. The third-order valence-corrected chi connectivity index (χ3v) is 5.29. The number of carbonyl (C=O) groups is 1. The summed E-state index contributed by atoms with van der Waals surface area (Å²) in [4.78, 5) is 12.5. The summed E-state index contributed by atoms with van der Waals surface area (Å²) in [6.45, 7) is 1.83. The van der Waals surface area contributed by atoms with Gasteiger partial charge < -0.3 is 19.4 Å². The highest BCUT2D eigenvalue weighted by atomic mass is 32.2. The molecule has 2 aromatic carbocycles. The van der Waals surface area contributed by atoms with Crippen molar-refractivity contribution < 1.29 is 14.3 Å². The monoisotopic (exact) mass is 398 g/mol. The van der Waals surface area contributed by atoms with Crippen LogP contribution in [0.2, 0.25) is 0 Å². The molecule has 0 saturated carbocycles. The second-order valence-electron chi connectivity index (χ2n) is 6.08. The van der Waals surface area contributed by atoms with Crippen LogP contribution in [0.15, 0.2) is 53.7 Å². The predicted molar refractivity (Wildman–Crippen MR) is 110 cm³/mol. The van der Waals surface area contributed by atoms with E-state index in [4.69, 9.17) is 9.47 Å². The maximum Gasteiger partial charge on any atom is 0.237 e. The number of carbonyl (C=O) groups excluding carboxylic acids is 1. The molecule has 3 rings (SSSR count). The first-order valence-electron chi connectivity index (χ1n) is 8.67. The fraction of sp³-hybridized carbons (Fsp3) is 0.250. The Bertz CT molecular complexity index is 974. The highest BCUT2D eigenvalue weighted by Crippen LogP contribution is 2.28. The first kappa shape index (κ1) is 19.8. The molecule has 0 saturated heterocycles.